The topological polar surface area (TPSA) is 16.4 Å². The molecule has 0 radical (unpaired) electrons. The van der Waals surface area contributed by atoms with Gasteiger partial charge in [-0.3, -0.25) is 0 Å². The van der Waals surface area contributed by atoms with Gasteiger partial charge in [-0.25, -0.2) is 0 Å². The van der Waals surface area contributed by atoms with Gasteiger partial charge in [-0.15, -0.1) is 0 Å². The molecule has 0 atom stereocenters. The van der Waals surface area contributed by atoms with Crippen LogP contribution in [0.4, 0.5) is 17.1 Å². The second kappa shape index (κ2) is 10.3. The second-order valence-corrected chi connectivity index (χ2v) is 14.9. The van der Waals surface area contributed by atoms with Crippen LogP contribution in [0.2, 0.25) is 0 Å². The molecule has 2 nitrogen and oxygen atoms in total. The zero-order valence-corrected chi connectivity index (χ0v) is 28.8. The third-order valence-electron chi connectivity index (χ3n) is 11.4. The lowest BCUT2D eigenvalue weighted by molar-refractivity contribution is 0.656. The summed E-state index contributed by atoms with van der Waals surface area (Å²) in [6.45, 7) is 9.53. The van der Waals surface area contributed by atoms with Gasteiger partial charge < -0.3 is 9.32 Å². The van der Waals surface area contributed by atoms with Crippen LogP contribution >= 0.6 is 0 Å². The summed E-state index contributed by atoms with van der Waals surface area (Å²) in [4.78, 5) is 2.54. The van der Waals surface area contributed by atoms with Crippen molar-refractivity contribution >= 4 is 39.0 Å². The number of fused-ring (bicyclic) bond motifs is 9. The van der Waals surface area contributed by atoms with Crippen molar-refractivity contribution in [3.63, 3.8) is 0 Å². The Morgan fingerprint density at radius 2 is 0.920 bits per heavy atom. The minimum absolute atomic E-state index is 0.167. The van der Waals surface area contributed by atoms with Crippen LogP contribution in [0.1, 0.15) is 49.9 Å². The fourth-order valence-corrected chi connectivity index (χ4v) is 9.13. The van der Waals surface area contributed by atoms with Crippen LogP contribution in [-0.2, 0) is 10.8 Å². The minimum Gasteiger partial charge on any atom is -0.456 e. The molecule has 0 amide bonds. The Morgan fingerprint density at radius 3 is 1.54 bits per heavy atom. The highest BCUT2D eigenvalue weighted by atomic mass is 16.3. The SMILES string of the molecule is CC1(C)c2ccccc2-c2cccc(N(c3ccc(-c4ccc5oc6ccccc6c5c4)cc3)c3cccc4c3C(C)(C)c3ccccc3-4)c21. The summed E-state index contributed by atoms with van der Waals surface area (Å²) in [5.41, 5.74) is 18.3. The average molecular weight is 644 g/mol. The van der Waals surface area contributed by atoms with Crippen LogP contribution in [0.25, 0.3) is 55.3 Å². The molecule has 2 aliphatic rings. The summed E-state index contributed by atoms with van der Waals surface area (Å²) in [5, 5.41) is 2.29. The van der Waals surface area contributed by atoms with Gasteiger partial charge in [0.15, 0.2) is 0 Å². The van der Waals surface area contributed by atoms with Crippen molar-refractivity contribution in [3.8, 4) is 33.4 Å². The van der Waals surface area contributed by atoms with Crippen molar-refractivity contribution in [1.82, 2.24) is 0 Å². The highest BCUT2D eigenvalue weighted by Gasteiger charge is 2.42. The molecule has 0 saturated heterocycles. The second-order valence-electron chi connectivity index (χ2n) is 14.9. The molecule has 1 heterocycles. The van der Waals surface area contributed by atoms with Crippen molar-refractivity contribution in [2.75, 3.05) is 4.90 Å². The van der Waals surface area contributed by atoms with Crippen molar-refractivity contribution in [2.45, 2.75) is 38.5 Å². The maximum Gasteiger partial charge on any atom is 0.135 e. The predicted octanol–water partition coefficient (Wildman–Crippen LogP) is 13.3. The molecule has 8 aromatic rings. The van der Waals surface area contributed by atoms with E-state index in [-0.39, 0.29) is 10.8 Å². The number of para-hydroxylation sites is 1. The standard InChI is InChI=1S/C48H37NO/c1-47(2)39-18-8-5-13-33(39)36-16-11-20-41(45(36)47)49(42-21-12-17-37-34-14-6-9-19-40(34)48(3,4)46(37)42)32-26-23-30(24-27-32)31-25-28-44-38(29-31)35-15-7-10-22-43(35)50-44/h5-29H,1-4H3. The highest BCUT2D eigenvalue weighted by molar-refractivity contribution is 6.06. The molecule has 2 aliphatic carbocycles. The highest BCUT2D eigenvalue weighted by Crippen LogP contribution is 2.58. The first kappa shape index (κ1) is 29.1. The maximum absolute atomic E-state index is 6.14. The lowest BCUT2D eigenvalue weighted by Crippen LogP contribution is -2.23. The Morgan fingerprint density at radius 1 is 0.420 bits per heavy atom. The Kier molecular flexibility index (Phi) is 6.01. The van der Waals surface area contributed by atoms with Gasteiger partial charge in [0.25, 0.3) is 0 Å². The molecule has 0 spiro atoms. The molecular formula is C48H37NO. The van der Waals surface area contributed by atoms with E-state index in [1.54, 1.807) is 0 Å². The number of hydrogen-bond acceptors (Lipinski definition) is 2. The van der Waals surface area contributed by atoms with Crippen molar-refractivity contribution < 1.29 is 4.42 Å². The number of anilines is 3. The first-order chi connectivity index (χ1) is 24.3. The third kappa shape index (κ3) is 3.96. The molecule has 1 aromatic heterocycles. The largest absolute Gasteiger partial charge is 0.456 e. The van der Waals surface area contributed by atoms with E-state index in [1.165, 1.54) is 67.0 Å². The minimum atomic E-state index is -0.167. The summed E-state index contributed by atoms with van der Waals surface area (Å²) in [6.07, 6.45) is 0. The van der Waals surface area contributed by atoms with Gasteiger partial charge in [-0.2, -0.15) is 0 Å². The molecule has 0 aliphatic heterocycles. The van der Waals surface area contributed by atoms with E-state index in [4.69, 9.17) is 4.42 Å². The smallest absolute Gasteiger partial charge is 0.135 e. The third-order valence-corrected chi connectivity index (χ3v) is 11.4. The Balaban J connectivity index is 1.18. The normalized spacial score (nSPS) is 14.7. The van der Waals surface area contributed by atoms with E-state index in [1.807, 2.05) is 12.1 Å². The summed E-state index contributed by atoms with van der Waals surface area (Å²) >= 11 is 0. The Labute approximate surface area is 293 Å². The van der Waals surface area contributed by atoms with E-state index in [9.17, 15) is 0 Å². The van der Waals surface area contributed by atoms with Crippen LogP contribution in [0.5, 0.6) is 0 Å². The summed E-state index contributed by atoms with van der Waals surface area (Å²) in [7, 11) is 0. The molecule has 10 rings (SSSR count). The van der Waals surface area contributed by atoms with Crippen molar-refractivity contribution in [2.24, 2.45) is 0 Å². The van der Waals surface area contributed by atoms with E-state index in [0.717, 1.165) is 27.6 Å². The molecule has 7 aromatic carbocycles. The lowest BCUT2D eigenvalue weighted by atomic mass is 9.80. The molecule has 240 valence electrons. The molecule has 0 fully saturated rings. The quantitative estimate of drug-likeness (QED) is 0.190. The molecular weight excluding hydrogens is 607 g/mol. The van der Waals surface area contributed by atoms with Gasteiger partial charge in [-0.05, 0) is 98.1 Å². The molecule has 0 bridgehead atoms. The fraction of sp³-hybridized carbons (Fsp3) is 0.125. The first-order valence-corrected chi connectivity index (χ1v) is 17.6. The zero-order chi connectivity index (χ0) is 33.8. The number of hydrogen-bond donors (Lipinski definition) is 0. The zero-order valence-electron chi connectivity index (χ0n) is 28.8. The van der Waals surface area contributed by atoms with Crippen LogP contribution in [-0.4, -0.2) is 0 Å². The van der Waals surface area contributed by atoms with Crippen molar-refractivity contribution in [1.29, 1.82) is 0 Å². The fourth-order valence-electron chi connectivity index (χ4n) is 9.13. The van der Waals surface area contributed by atoms with Gasteiger partial charge in [-0.1, -0.05) is 137 Å². The van der Waals surface area contributed by atoms with Gasteiger partial charge in [0.05, 0.1) is 11.4 Å². The van der Waals surface area contributed by atoms with Crippen LogP contribution < -0.4 is 4.90 Å². The molecule has 2 heteroatoms. The molecule has 50 heavy (non-hydrogen) atoms. The van der Waals surface area contributed by atoms with Gasteiger partial charge in [0.2, 0.25) is 0 Å². The molecule has 0 unspecified atom stereocenters. The maximum atomic E-state index is 6.14. The van der Waals surface area contributed by atoms with Gasteiger partial charge in [0, 0.05) is 27.3 Å². The number of benzene rings is 7. The van der Waals surface area contributed by atoms with Crippen LogP contribution in [0.3, 0.4) is 0 Å². The first-order valence-electron chi connectivity index (χ1n) is 17.6. The number of nitrogens with zero attached hydrogens (tertiary/aromatic N) is 1. The monoisotopic (exact) mass is 643 g/mol. The summed E-state index contributed by atoms with van der Waals surface area (Å²) in [5.74, 6) is 0. The van der Waals surface area contributed by atoms with E-state index < -0.39 is 0 Å². The molecule has 0 saturated carbocycles. The van der Waals surface area contributed by atoms with Crippen LogP contribution in [0, 0.1) is 0 Å². The van der Waals surface area contributed by atoms with Crippen LogP contribution in [0.15, 0.2) is 156 Å². The average Bonchev–Trinajstić information content (AvgIpc) is 3.72. The van der Waals surface area contributed by atoms with E-state index in [0.29, 0.717) is 0 Å². The Bertz CT molecular complexity index is 2550. The number of furan rings is 1. The predicted molar refractivity (Wildman–Crippen MR) is 209 cm³/mol. The van der Waals surface area contributed by atoms with Gasteiger partial charge in [0.1, 0.15) is 11.2 Å². The Hall–Kier alpha value is -5.86. The van der Waals surface area contributed by atoms with Crippen molar-refractivity contribution in [3.05, 3.63) is 174 Å². The molecule has 0 N–H and O–H groups in total. The summed E-state index contributed by atoms with van der Waals surface area (Å²) < 4.78 is 6.14. The number of rotatable bonds is 4. The van der Waals surface area contributed by atoms with E-state index in [2.05, 4.69) is 172 Å². The van der Waals surface area contributed by atoms with Gasteiger partial charge >= 0.3 is 0 Å². The van der Waals surface area contributed by atoms with E-state index >= 15 is 0 Å². The summed E-state index contributed by atoms with van der Waals surface area (Å²) in [6, 6.07) is 55.6. The lowest BCUT2D eigenvalue weighted by Gasteiger charge is -2.35.